The fourth-order valence-electron chi connectivity index (χ4n) is 2.69. The highest BCUT2D eigenvalue weighted by molar-refractivity contribution is 6.00. The second-order valence-electron chi connectivity index (χ2n) is 6.05. The summed E-state index contributed by atoms with van der Waals surface area (Å²) >= 11 is 0. The van der Waals surface area contributed by atoms with E-state index in [1.165, 1.54) is 24.3 Å². The molecule has 148 valence electrons. The standard InChI is InChI=1S/C22H18F2N2O3/c23-22(24)29-19-9-5-4-8-18(19)21(28)25-14-20(27)26-17-12-10-16(11-13-17)15-6-2-1-3-7-15/h1-13,22H,14H2,(H,25,28)(H,26,27). The Morgan fingerprint density at radius 3 is 2.14 bits per heavy atom. The van der Waals surface area contributed by atoms with Gasteiger partial charge < -0.3 is 15.4 Å². The lowest BCUT2D eigenvalue weighted by molar-refractivity contribution is -0.115. The van der Waals surface area contributed by atoms with Crippen LogP contribution < -0.4 is 15.4 Å². The largest absolute Gasteiger partial charge is 0.434 e. The highest BCUT2D eigenvalue weighted by Gasteiger charge is 2.16. The molecule has 0 radical (unpaired) electrons. The summed E-state index contributed by atoms with van der Waals surface area (Å²) in [6.07, 6.45) is 0. The van der Waals surface area contributed by atoms with Crippen molar-refractivity contribution in [3.05, 3.63) is 84.4 Å². The van der Waals surface area contributed by atoms with Crippen molar-refractivity contribution in [3.8, 4) is 16.9 Å². The predicted octanol–water partition coefficient (Wildman–Crippen LogP) is 4.32. The Balaban J connectivity index is 1.56. The van der Waals surface area contributed by atoms with E-state index in [4.69, 9.17) is 0 Å². The molecule has 0 heterocycles. The Labute approximate surface area is 166 Å². The van der Waals surface area contributed by atoms with Crippen molar-refractivity contribution < 1.29 is 23.1 Å². The summed E-state index contributed by atoms with van der Waals surface area (Å²) in [6.45, 7) is -3.37. The number of hydrogen-bond donors (Lipinski definition) is 2. The molecule has 3 aromatic rings. The number of alkyl halides is 2. The first-order valence-corrected chi connectivity index (χ1v) is 8.80. The monoisotopic (exact) mass is 396 g/mol. The van der Waals surface area contributed by atoms with E-state index in [0.29, 0.717) is 5.69 Å². The number of rotatable bonds is 7. The molecule has 0 spiro atoms. The maximum Gasteiger partial charge on any atom is 0.387 e. The lowest BCUT2D eigenvalue weighted by atomic mass is 10.1. The summed E-state index contributed by atoms with van der Waals surface area (Å²) in [5, 5.41) is 5.06. The summed E-state index contributed by atoms with van der Waals surface area (Å²) < 4.78 is 29.2. The number of hydrogen-bond acceptors (Lipinski definition) is 3. The van der Waals surface area contributed by atoms with Crippen LogP contribution >= 0.6 is 0 Å². The Kier molecular flexibility index (Phi) is 6.52. The van der Waals surface area contributed by atoms with Crippen LogP contribution in [0.3, 0.4) is 0 Å². The summed E-state index contributed by atoms with van der Waals surface area (Å²) in [5.74, 6) is -1.38. The van der Waals surface area contributed by atoms with E-state index in [0.717, 1.165) is 11.1 Å². The number of carbonyl (C=O) groups excluding carboxylic acids is 2. The number of ether oxygens (including phenoxy) is 1. The summed E-state index contributed by atoms with van der Waals surface area (Å²) in [6, 6.07) is 22.6. The van der Waals surface area contributed by atoms with Crippen molar-refractivity contribution in [2.45, 2.75) is 6.61 Å². The molecule has 3 rings (SSSR count). The van der Waals surface area contributed by atoms with Crippen molar-refractivity contribution in [3.63, 3.8) is 0 Å². The van der Waals surface area contributed by atoms with Gasteiger partial charge in [-0.05, 0) is 35.4 Å². The zero-order valence-electron chi connectivity index (χ0n) is 15.3. The van der Waals surface area contributed by atoms with Crippen LogP contribution in [0, 0.1) is 0 Å². The van der Waals surface area contributed by atoms with E-state index >= 15 is 0 Å². The minimum Gasteiger partial charge on any atom is -0.434 e. The molecular formula is C22H18F2N2O3. The first kappa shape index (κ1) is 20.0. The molecule has 29 heavy (non-hydrogen) atoms. The van der Waals surface area contributed by atoms with Gasteiger partial charge in [0, 0.05) is 5.69 Å². The number of carbonyl (C=O) groups is 2. The molecule has 0 saturated carbocycles. The van der Waals surface area contributed by atoms with Gasteiger partial charge in [0.1, 0.15) is 5.75 Å². The van der Waals surface area contributed by atoms with Crippen molar-refractivity contribution in [2.75, 3.05) is 11.9 Å². The van der Waals surface area contributed by atoms with Crippen LogP contribution in [-0.2, 0) is 4.79 Å². The van der Waals surface area contributed by atoms with Gasteiger partial charge in [0.05, 0.1) is 12.1 Å². The van der Waals surface area contributed by atoms with E-state index in [2.05, 4.69) is 15.4 Å². The molecule has 2 N–H and O–H groups in total. The van der Waals surface area contributed by atoms with Gasteiger partial charge >= 0.3 is 6.61 Å². The number of halogens is 2. The van der Waals surface area contributed by atoms with Crippen molar-refractivity contribution in [2.24, 2.45) is 0 Å². The molecular weight excluding hydrogens is 378 g/mol. The van der Waals surface area contributed by atoms with Crippen LogP contribution in [0.25, 0.3) is 11.1 Å². The number of anilines is 1. The van der Waals surface area contributed by atoms with Crippen molar-refractivity contribution in [1.29, 1.82) is 0 Å². The molecule has 3 aromatic carbocycles. The first-order chi connectivity index (χ1) is 14.0. The Bertz CT molecular complexity index is 977. The molecule has 0 aliphatic rings. The number of nitrogens with one attached hydrogen (secondary N) is 2. The second-order valence-corrected chi connectivity index (χ2v) is 6.05. The molecule has 0 saturated heterocycles. The molecule has 7 heteroatoms. The van der Waals surface area contributed by atoms with Crippen LogP contribution in [0.15, 0.2) is 78.9 Å². The molecule has 0 bridgehead atoms. The van der Waals surface area contributed by atoms with Crippen LogP contribution in [0.4, 0.5) is 14.5 Å². The minimum atomic E-state index is -3.05. The van der Waals surface area contributed by atoms with Crippen molar-refractivity contribution in [1.82, 2.24) is 5.32 Å². The minimum absolute atomic E-state index is 0.0761. The van der Waals surface area contributed by atoms with Gasteiger partial charge in [-0.3, -0.25) is 9.59 Å². The van der Waals surface area contributed by atoms with E-state index in [1.54, 1.807) is 12.1 Å². The van der Waals surface area contributed by atoms with E-state index in [1.807, 2.05) is 42.5 Å². The van der Waals surface area contributed by atoms with Crippen molar-refractivity contribution >= 4 is 17.5 Å². The van der Waals surface area contributed by atoms with Crippen LogP contribution in [0.2, 0.25) is 0 Å². The predicted molar refractivity (Wildman–Crippen MR) is 106 cm³/mol. The van der Waals surface area contributed by atoms with Gasteiger partial charge in [-0.15, -0.1) is 0 Å². The van der Waals surface area contributed by atoms with Crippen LogP contribution in [0.1, 0.15) is 10.4 Å². The molecule has 0 aromatic heterocycles. The Morgan fingerprint density at radius 1 is 0.828 bits per heavy atom. The normalized spacial score (nSPS) is 10.4. The molecule has 0 unspecified atom stereocenters. The van der Waals surface area contributed by atoms with Gasteiger partial charge in [-0.1, -0.05) is 54.6 Å². The van der Waals surface area contributed by atoms with Crippen LogP contribution in [-0.4, -0.2) is 25.0 Å². The third-order valence-electron chi connectivity index (χ3n) is 4.03. The second kappa shape index (κ2) is 9.45. The van der Waals surface area contributed by atoms with Gasteiger partial charge in [0.15, 0.2) is 0 Å². The topological polar surface area (TPSA) is 67.4 Å². The zero-order chi connectivity index (χ0) is 20.6. The molecule has 0 aliphatic heterocycles. The SMILES string of the molecule is O=C(CNC(=O)c1ccccc1OC(F)F)Nc1ccc(-c2ccccc2)cc1. The molecule has 2 amide bonds. The molecule has 0 aliphatic carbocycles. The first-order valence-electron chi connectivity index (χ1n) is 8.80. The lowest BCUT2D eigenvalue weighted by Gasteiger charge is -2.11. The Hall–Kier alpha value is -3.74. The average molecular weight is 396 g/mol. The highest BCUT2D eigenvalue weighted by atomic mass is 19.3. The highest BCUT2D eigenvalue weighted by Crippen LogP contribution is 2.21. The van der Waals surface area contributed by atoms with Gasteiger partial charge in [-0.2, -0.15) is 8.78 Å². The van der Waals surface area contributed by atoms with Gasteiger partial charge in [0.2, 0.25) is 5.91 Å². The summed E-state index contributed by atoms with van der Waals surface area (Å²) in [4.78, 5) is 24.3. The van der Waals surface area contributed by atoms with Gasteiger partial charge in [0.25, 0.3) is 5.91 Å². The molecule has 5 nitrogen and oxygen atoms in total. The fraction of sp³-hybridized carbons (Fsp3) is 0.0909. The number of para-hydroxylation sites is 1. The van der Waals surface area contributed by atoms with Crippen LogP contribution in [0.5, 0.6) is 5.75 Å². The lowest BCUT2D eigenvalue weighted by Crippen LogP contribution is -2.33. The number of amides is 2. The summed E-state index contributed by atoms with van der Waals surface area (Å²) in [5.41, 5.74) is 2.56. The smallest absolute Gasteiger partial charge is 0.387 e. The quantitative estimate of drug-likeness (QED) is 0.625. The van der Waals surface area contributed by atoms with E-state index < -0.39 is 18.4 Å². The maximum atomic E-state index is 12.4. The maximum absolute atomic E-state index is 12.4. The third kappa shape index (κ3) is 5.62. The zero-order valence-corrected chi connectivity index (χ0v) is 15.3. The number of benzene rings is 3. The third-order valence-corrected chi connectivity index (χ3v) is 4.03. The molecule has 0 fully saturated rings. The van der Waals surface area contributed by atoms with Gasteiger partial charge in [-0.25, -0.2) is 0 Å². The van der Waals surface area contributed by atoms with E-state index in [9.17, 15) is 18.4 Å². The molecule has 0 atom stereocenters. The summed E-state index contributed by atoms with van der Waals surface area (Å²) in [7, 11) is 0. The van der Waals surface area contributed by atoms with E-state index in [-0.39, 0.29) is 17.9 Å². The Morgan fingerprint density at radius 2 is 1.45 bits per heavy atom. The average Bonchev–Trinajstić information content (AvgIpc) is 2.73. The fourth-order valence-corrected chi connectivity index (χ4v) is 2.69.